The van der Waals surface area contributed by atoms with Crippen molar-refractivity contribution in [3.63, 3.8) is 0 Å². The van der Waals surface area contributed by atoms with Gasteiger partial charge in [0.25, 0.3) is 5.92 Å². The second kappa shape index (κ2) is 7.39. The van der Waals surface area contributed by atoms with Crippen molar-refractivity contribution in [3.8, 4) is 0 Å². The van der Waals surface area contributed by atoms with E-state index in [1.54, 1.807) is 18.2 Å². The summed E-state index contributed by atoms with van der Waals surface area (Å²) < 4.78 is 77.9. The van der Waals surface area contributed by atoms with E-state index >= 15 is 0 Å². The lowest BCUT2D eigenvalue weighted by Gasteiger charge is -2.27. The average molecular weight is 344 g/mol. The van der Waals surface area contributed by atoms with E-state index in [2.05, 4.69) is 0 Å². The normalized spacial score (nSPS) is 15.4. The lowest BCUT2D eigenvalue weighted by atomic mass is 10.0. The molecular formula is C14H14F6OS. The number of carbonyl (C=O) groups excluding carboxylic acids is 1. The van der Waals surface area contributed by atoms with Gasteiger partial charge in [-0.05, 0) is 6.42 Å². The molecule has 0 fully saturated rings. The lowest BCUT2D eigenvalue weighted by Crippen LogP contribution is -2.48. The van der Waals surface area contributed by atoms with Crippen molar-refractivity contribution in [3.05, 3.63) is 35.9 Å². The molecule has 1 rings (SSSR count). The van der Waals surface area contributed by atoms with Crippen molar-refractivity contribution in [2.45, 2.75) is 37.5 Å². The van der Waals surface area contributed by atoms with Crippen molar-refractivity contribution in [2.75, 3.05) is 5.75 Å². The highest BCUT2D eigenvalue weighted by atomic mass is 32.2. The van der Waals surface area contributed by atoms with Gasteiger partial charge < -0.3 is 0 Å². The molecule has 1 aromatic rings. The smallest absolute Gasteiger partial charge is 0.282 e. The Morgan fingerprint density at radius 3 is 2.18 bits per heavy atom. The van der Waals surface area contributed by atoms with Gasteiger partial charge in [-0.25, -0.2) is 17.6 Å². The second-order valence-electron chi connectivity index (χ2n) is 4.75. The summed E-state index contributed by atoms with van der Waals surface area (Å²) in [7, 11) is 0. The van der Waals surface area contributed by atoms with Crippen LogP contribution in [0.2, 0.25) is 0 Å². The van der Waals surface area contributed by atoms with Gasteiger partial charge in [-0.15, -0.1) is 0 Å². The van der Waals surface area contributed by atoms with Crippen LogP contribution in [0.4, 0.5) is 26.3 Å². The van der Waals surface area contributed by atoms with Crippen molar-refractivity contribution >= 4 is 16.9 Å². The zero-order valence-electron chi connectivity index (χ0n) is 11.5. The van der Waals surface area contributed by atoms with Gasteiger partial charge in [0.2, 0.25) is 11.3 Å². The van der Waals surface area contributed by atoms with Gasteiger partial charge in [0.05, 0.1) is 0 Å². The van der Waals surface area contributed by atoms with E-state index in [-0.39, 0.29) is 12.7 Å². The van der Waals surface area contributed by atoms with E-state index in [0.29, 0.717) is 17.3 Å². The van der Waals surface area contributed by atoms with E-state index in [1.807, 2.05) is 0 Å². The van der Waals surface area contributed by atoms with E-state index in [4.69, 9.17) is 0 Å². The first-order valence-electron chi connectivity index (χ1n) is 6.32. The largest absolute Gasteiger partial charge is 0.315 e. The Kier molecular flexibility index (Phi) is 6.34. The molecule has 0 saturated carbocycles. The predicted molar refractivity (Wildman–Crippen MR) is 73.2 cm³/mol. The molecule has 0 radical (unpaired) electrons. The highest BCUT2D eigenvalue weighted by Crippen LogP contribution is 2.38. The molecule has 2 unspecified atom stereocenters. The molecule has 0 aliphatic heterocycles. The lowest BCUT2D eigenvalue weighted by molar-refractivity contribution is -0.200. The highest BCUT2D eigenvalue weighted by molar-refractivity contribution is 8.14. The molecule has 1 nitrogen and oxygen atoms in total. The molecule has 0 bridgehead atoms. The van der Waals surface area contributed by atoms with Crippen LogP contribution < -0.4 is 0 Å². The number of rotatable bonds is 7. The van der Waals surface area contributed by atoms with Crippen molar-refractivity contribution in [1.29, 1.82) is 0 Å². The average Bonchev–Trinajstić information content (AvgIpc) is 2.46. The SMILES string of the molecule is CC(F)(F)C(F)C(F)(F)C(F)CCSC(=O)c1ccccc1. The molecule has 2 atom stereocenters. The highest BCUT2D eigenvalue weighted by Gasteiger charge is 2.57. The van der Waals surface area contributed by atoms with Crippen LogP contribution >= 0.6 is 11.8 Å². The number of carbonyl (C=O) groups is 1. The third kappa shape index (κ3) is 4.93. The Morgan fingerprint density at radius 2 is 1.68 bits per heavy atom. The van der Waals surface area contributed by atoms with Crippen LogP contribution in [0.25, 0.3) is 0 Å². The van der Waals surface area contributed by atoms with Gasteiger partial charge in [-0.3, -0.25) is 4.79 Å². The first kappa shape index (κ1) is 18.9. The summed E-state index contributed by atoms with van der Waals surface area (Å²) in [5.41, 5.74) is 0.304. The van der Waals surface area contributed by atoms with Gasteiger partial charge in [-0.1, -0.05) is 42.1 Å². The second-order valence-corrected chi connectivity index (χ2v) is 5.82. The molecule has 0 amide bonds. The molecule has 1 aromatic carbocycles. The van der Waals surface area contributed by atoms with E-state index in [1.165, 1.54) is 12.1 Å². The minimum Gasteiger partial charge on any atom is -0.282 e. The number of halogens is 6. The molecule has 22 heavy (non-hydrogen) atoms. The monoisotopic (exact) mass is 344 g/mol. The maximum absolute atomic E-state index is 13.4. The van der Waals surface area contributed by atoms with E-state index in [0.717, 1.165) is 0 Å². The number of hydrogen-bond acceptors (Lipinski definition) is 2. The molecule has 124 valence electrons. The van der Waals surface area contributed by atoms with Crippen LogP contribution in [0.15, 0.2) is 30.3 Å². The van der Waals surface area contributed by atoms with Gasteiger partial charge in [-0.2, -0.15) is 8.78 Å². The van der Waals surface area contributed by atoms with Gasteiger partial charge in [0.15, 0.2) is 6.17 Å². The summed E-state index contributed by atoms with van der Waals surface area (Å²) in [6, 6.07) is 7.85. The summed E-state index contributed by atoms with van der Waals surface area (Å²) in [4.78, 5) is 11.6. The van der Waals surface area contributed by atoms with Gasteiger partial charge >= 0.3 is 5.92 Å². The van der Waals surface area contributed by atoms with Crippen molar-refractivity contribution in [1.82, 2.24) is 0 Å². The first-order valence-corrected chi connectivity index (χ1v) is 7.31. The number of hydrogen-bond donors (Lipinski definition) is 0. The molecule has 0 aromatic heterocycles. The Morgan fingerprint density at radius 1 is 1.14 bits per heavy atom. The standard InChI is InChI=1S/C14H14F6OS/c1-13(17,18)12(16)14(19,20)10(15)7-8-22-11(21)9-5-3-2-4-6-9/h2-6,10,12H,7-8H2,1H3. The Hall–Kier alpha value is -1.18. The predicted octanol–water partition coefficient (Wildman–Crippen LogP) is 4.92. The van der Waals surface area contributed by atoms with Crippen molar-refractivity contribution < 1.29 is 31.1 Å². The van der Waals surface area contributed by atoms with Crippen LogP contribution in [0.5, 0.6) is 0 Å². The molecule has 0 aliphatic rings. The maximum Gasteiger partial charge on any atom is 0.315 e. The molecular weight excluding hydrogens is 330 g/mol. The summed E-state index contributed by atoms with van der Waals surface area (Å²) in [5.74, 6) is -9.53. The topological polar surface area (TPSA) is 17.1 Å². The first-order chi connectivity index (χ1) is 10.1. The molecule has 0 heterocycles. The molecule has 0 aliphatic carbocycles. The summed E-state index contributed by atoms with van der Waals surface area (Å²) in [5, 5.41) is -0.464. The fourth-order valence-corrected chi connectivity index (χ4v) is 2.41. The van der Waals surface area contributed by atoms with Crippen LogP contribution in [-0.4, -0.2) is 35.1 Å². The summed E-state index contributed by atoms with van der Waals surface area (Å²) in [6.07, 6.45) is -7.92. The fourth-order valence-electron chi connectivity index (χ4n) is 1.60. The minimum absolute atomic E-state index is 0.0357. The fraction of sp³-hybridized carbons (Fsp3) is 0.500. The zero-order chi connectivity index (χ0) is 17.0. The molecule has 8 heteroatoms. The number of thioether (sulfide) groups is 1. The van der Waals surface area contributed by atoms with Gasteiger partial charge in [0.1, 0.15) is 0 Å². The maximum atomic E-state index is 13.4. The summed E-state index contributed by atoms with van der Waals surface area (Å²) >= 11 is 0.571. The number of alkyl halides is 6. The number of benzene rings is 1. The Balaban J connectivity index is 2.52. The van der Waals surface area contributed by atoms with E-state index < -0.39 is 35.7 Å². The Bertz CT molecular complexity index is 488. The third-order valence-electron chi connectivity index (χ3n) is 2.81. The van der Waals surface area contributed by atoms with Crippen LogP contribution in [0.1, 0.15) is 23.7 Å². The quantitative estimate of drug-likeness (QED) is 0.653. The van der Waals surface area contributed by atoms with Crippen LogP contribution in [0, 0.1) is 0 Å². The molecule has 0 N–H and O–H groups in total. The Labute approximate surface area is 128 Å². The zero-order valence-corrected chi connectivity index (χ0v) is 12.4. The van der Waals surface area contributed by atoms with Crippen LogP contribution in [-0.2, 0) is 0 Å². The van der Waals surface area contributed by atoms with Crippen molar-refractivity contribution in [2.24, 2.45) is 0 Å². The third-order valence-corrected chi connectivity index (χ3v) is 3.75. The van der Waals surface area contributed by atoms with E-state index in [9.17, 15) is 31.1 Å². The minimum atomic E-state index is -4.81. The molecule has 0 saturated heterocycles. The van der Waals surface area contributed by atoms with Crippen LogP contribution in [0.3, 0.4) is 0 Å². The molecule has 0 spiro atoms. The van der Waals surface area contributed by atoms with Gasteiger partial charge in [0, 0.05) is 18.2 Å². The summed E-state index contributed by atoms with van der Waals surface area (Å²) in [6.45, 7) is -0.0357.